The predicted octanol–water partition coefficient (Wildman–Crippen LogP) is 3.36. The molecule has 1 aromatic carbocycles. The van der Waals surface area contributed by atoms with Gasteiger partial charge in [0.05, 0.1) is 12.6 Å². The molecule has 146 valence electrons. The van der Waals surface area contributed by atoms with Crippen LogP contribution < -0.4 is 15.4 Å². The Morgan fingerprint density at radius 1 is 1.42 bits per heavy atom. The molecule has 4 atom stereocenters. The lowest BCUT2D eigenvalue weighted by molar-refractivity contribution is -0.106. The van der Waals surface area contributed by atoms with Crippen LogP contribution in [0.25, 0.3) is 0 Å². The maximum Gasteiger partial charge on any atom is 0.191 e. The van der Waals surface area contributed by atoms with Gasteiger partial charge in [-0.15, -0.1) is 24.0 Å². The van der Waals surface area contributed by atoms with Crippen LogP contribution in [0.15, 0.2) is 29.3 Å². The zero-order chi connectivity index (χ0) is 18.0. The fourth-order valence-corrected chi connectivity index (χ4v) is 4.16. The summed E-state index contributed by atoms with van der Waals surface area (Å²) in [6.07, 6.45) is 1.57. The number of halogens is 1. The Labute approximate surface area is 174 Å². The lowest BCUT2D eigenvalue weighted by Crippen LogP contribution is -2.68. The SMILES string of the molecule is CN=C(NCC(C)Oc1cccc(C)c1)NC1C2CCOC2C1(C)C.I. The van der Waals surface area contributed by atoms with Crippen LogP contribution in [0.5, 0.6) is 5.75 Å². The molecule has 2 aliphatic rings. The van der Waals surface area contributed by atoms with Gasteiger partial charge in [-0.2, -0.15) is 0 Å². The monoisotopic (exact) mass is 473 g/mol. The molecule has 0 radical (unpaired) electrons. The smallest absolute Gasteiger partial charge is 0.191 e. The van der Waals surface area contributed by atoms with Crippen molar-refractivity contribution >= 4 is 29.9 Å². The average Bonchev–Trinajstić information content (AvgIpc) is 3.02. The number of nitrogens with zero attached hydrogens (tertiary/aromatic N) is 1. The first-order chi connectivity index (χ1) is 11.9. The molecule has 0 bridgehead atoms. The number of rotatable bonds is 5. The number of guanidine groups is 1. The summed E-state index contributed by atoms with van der Waals surface area (Å²) in [4.78, 5) is 4.38. The van der Waals surface area contributed by atoms with Crippen molar-refractivity contribution in [3.63, 3.8) is 0 Å². The van der Waals surface area contributed by atoms with Crippen molar-refractivity contribution in [2.75, 3.05) is 20.2 Å². The first-order valence-corrected chi connectivity index (χ1v) is 9.24. The molecule has 1 saturated heterocycles. The number of nitrogens with one attached hydrogen (secondary N) is 2. The van der Waals surface area contributed by atoms with E-state index in [0.29, 0.717) is 24.6 Å². The van der Waals surface area contributed by atoms with Crippen LogP contribution in [0.3, 0.4) is 0 Å². The molecule has 1 heterocycles. The Kier molecular flexibility index (Phi) is 7.19. The molecular formula is C20H32IN3O2. The summed E-state index contributed by atoms with van der Waals surface area (Å²) in [5, 5.41) is 6.99. The molecule has 26 heavy (non-hydrogen) atoms. The van der Waals surface area contributed by atoms with E-state index in [2.05, 4.69) is 55.5 Å². The van der Waals surface area contributed by atoms with E-state index in [9.17, 15) is 0 Å². The molecule has 2 fully saturated rings. The minimum absolute atomic E-state index is 0. The summed E-state index contributed by atoms with van der Waals surface area (Å²) in [6.45, 7) is 10.3. The van der Waals surface area contributed by atoms with Gasteiger partial charge < -0.3 is 20.1 Å². The van der Waals surface area contributed by atoms with Crippen LogP contribution in [-0.4, -0.2) is 44.4 Å². The van der Waals surface area contributed by atoms with Crippen molar-refractivity contribution in [2.45, 2.75) is 52.4 Å². The second kappa shape index (κ2) is 8.78. The maximum atomic E-state index is 5.98. The van der Waals surface area contributed by atoms with Gasteiger partial charge in [0.15, 0.2) is 5.96 Å². The van der Waals surface area contributed by atoms with E-state index in [1.807, 2.05) is 19.2 Å². The van der Waals surface area contributed by atoms with E-state index in [0.717, 1.165) is 24.7 Å². The number of hydrogen-bond donors (Lipinski definition) is 2. The third kappa shape index (κ3) is 4.44. The Bertz CT molecular complexity index is 635. The fraction of sp³-hybridized carbons (Fsp3) is 0.650. The van der Waals surface area contributed by atoms with Crippen molar-refractivity contribution in [1.29, 1.82) is 0 Å². The first kappa shape index (κ1) is 21.3. The van der Waals surface area contributed by atoms with Gasteiger partial charge in [0.1, 0.15) is 11.9 Å². The summed E-state index contributed by atoms with van der Waals surface area (Å²) < 4.78 is 11.8. The summed E-state index contributed by atoms with van der Waals surface area (Å²) in [5.74, 6) is 2.33. The van der Waals surface area contributed by atoms with Crippen molar-refractivity contribution in [3.05, 3.63) is 29.8 Å². The van der Waals surface area contributed by atoms with Crippen molar-refractivity contribution in [1.82, 2.24) is 10.6 Å². The molecule has 2 N–H and O–H groups in total. The predicted molar refractivity (Wildman–Crippen MR) is 117 cm³/mol. The molecular weight excluding hydrogens is 441 g/mol. The highest BCUT2D eigenvalue weighted by atomic mass is 127. The molecule has 3 rings (SSSR count). The zero-order valence-corrected chi connectivity index (χ0v) is 18.7. The van der Waals surface area contributed by atoms with Gasteiger partial charge in [-0.1, -0.05) is 26.0 Å². The van der Waals surface area contributed by atoms with Gasteiger partial charge in [-0.3, -0.25) is 4.99 Å². The van der Waals surface area contributed by atoms with Crippen LogP contribution in [0.1, 0.15) is 32.8 Å². The van der Waals surface area contributed by atoms with Crippen molar-refractivity contribution in [2.24, 2.45) is 16.3 Å². The standard InChI is InChI=1S/C20H31N3O2.HI/c1-13-7-6-8-15(11-13)25-14(2)12-22-19(21-5)23-17-16-9-10-24-18(16)20(17,3)4;/h6-8,11,14,16-18H,9-10,12H2,1-5H3,(H2,21,22,23);1H. The number of aryl methyl sites for hydroxylation is 1. The third-order valence-electron chi connectivity index (χ3n) is 5.50. The number of aliphatic imine (C=N–C) groups is 1. The third-order valence-corrected chi connectivity index (χ3v) is 5.50. The topological polar surface area (TPSA) is 54.9 Å². The van der Waals surface area contributed by atoms with Gasteiger partial charge in [0.25, 0.3) is 0 Å². The zero-order valence-electron chi connectivity index (χ0n) is 16.4. The Morgan fingerprint density at radius 3 is 2.88 bits per heavy atom. The van der Waals surface area contributed by atoms with Crippen LogP contribution in [0.2, 0.25) is 0 Å². The number of fused-ring (bicyclic) bond motifs is 1. The second-order valence-corrected chi connectivity index (χ2v) is 7.89. The second-order valence-electron chi connectivity index (χ2n) is 7.89. The largest absolute Gasteiger partial charge is 0.489 e. The van der Waals surface area contributed by atoms with Gasteiger partial charge in [-0.25, -0.2) is 0 Å². The van der Waals surface area contributed by atoms with Gasteiger partial charge in [-0.05, 0) is 38.0 Å². The van der Waals surface area contributed by atoms with E-state index in [1.54, 1.807) is 0 Å². The van der Waals surface area contributed by atoms with Crippen LogP contribution in [0.4, 0.5) is 0 Å². The lowest BCUT2D eigenvalue weighted by atomic mass is 9.57. The van der Waals surface area contributed by atoms with E-state index in [-0.39, 0.29) is 35.5 Å². The van der Waals surface area contributed by atoms with Gasteiger partial charge in [0, 0.05) is 31.0 Å². The van der Waals surface area contributed by atoms with Crippen LogP contribution >= 0.6 is 24.0 Å². The summed E-state index contributed by atoms with van der Waals surface area (Å²) in [6, 6.07) is 8.54. The minimum atomic E-state index is 0. The quantitative estimate of drug-likeness (QED) is 0.391. The molecule has 1 saturated carbocycles. The fourth-order valence-electron chi connectivity index (χ4n) is 4.16. The lowest BCUT2D eigenvalue weighted by Gasteiger charge is -2.54. The number of hydrogen-bond acceptors (Lipinski definition) is 3. The Hall–Kier alpha value is -1.02. The van der Waals surface area contributed by atoms with Crippen molar-refractivity contribution in [3.8, 4) is 5.75 Å². The summed E-state index contributed by atoms with van der Waals surface area (Å²) >= 11 is 0. The molecule has 0 amide bonds. The number of benzene rings is 1. The Balaban J connectivity index is 0.00000243. The van der Waals surface area contributed by atoms with E-state index < -0.39 is 0 Å². The molecule has 1 aromatic rings. The van der Waals surface area contributed by atoms with Gasteiger partial charge in [0.2, 0.25) is 0 Å². The highest BCUT2D eigenvalue weighted by molar-refractivity contribution is 14.0. The molecule has 6 heteroatoms. The van der Waals surface area contributed by atoms with Gasteiger partial charge >= 0.3 is 0 Å². The molecule has 0 spiro atoms. The van der Waals surface area contributed by atoms with E-state index >= 15 is 0 Å². The van der Waals surface area contributed by atoms with E-state index in [1.165, 1.54) is 5.56 Å². The highest BCUT2D eigenvalue weighted by Crippen LogP contribution is 2.52. The summed E-state index contributed by atoms with van der Waals surface area (Å²) in [5.41, 5.74) is 1.35. The molecule has 5 nitrogen and oxygen atoms in total. The van der Waals surface area contributed by atoms with Crippen LogP contribution in [0, 0.1) is 18.3 Å². The minimum Gasteiger partial charge on any atom is -0.489 e. The average molecular weight is 473 g/mol. The van der Waals surface area contributed by atoms with Crippen molar-refractivity contribution < 1.29 is 9.47 Å². The van der Waals surface area contributed by atoms with Crippen LogP contribution in [-0.2, 0) is 4.74 Å². The Morgan fingerprint density at radius 2 is 2.19 bits per heavy atom. The molecule has 1 aliphatic carbocycles. The normalized spacial score (nSPS) is 27.6. The number of ether oxygens (including phenoxy) is 2. The van der Waals surface area contributed by atoms with E-state index in [4.69, 9.17) is 9.47 Å². The molecule has 1 aliphatic heterocycles. The molecule has 4 unspecified atom stereocenters. The maximum absolute atomic E-state index is 5.98. The summed E-state index contributed by atoms with van der Waals surface area (Å²) in [7, 11) is 1.82. The highest BCUT2D eigenvalue weighted by Gasteiger charge is 2.59. The molecule has 0 aromatic heterocycles. The first-order valence-electron chi connectivity index (χ1n) is 9.24.